The van der Waals surface area contributed by atoms with Gasteiger partial charge in [0.05, 0.1) is 26.4 Å². The van der Waals surface area contributed by atoms with Gasteiger partial charge in [0.2, 0.25) is 0 Å². The first kappa shape index (κ1) is 98.1. The number of hydrogen-bond acceptors (Lipinski definition) is 15. The maximum absolute atomic E-state index is 13.1. The molecule has 3 unspecified atom stereocenters. The van der Waals surface area contributed by atoms with Crippen LogP contribution in [0.4, 0.5) is 0 Å². The van der Waals surface area contributed by atoms with Crippen LogP contribution in [-0.4, -0.2) is 96.7 Å². The maximum Gasteiger partial charge on any atom is 0.472 e. The lowest BCUT2D eigenvalue weighted by Gasteiger charge is -2.21. The van der Waals surface area contributed by atoms with Crippen LogP contribution in [0, 0.1) is 23.7 Å². The molecule has 0 aromatic rings. The fourth-order valence-corrected chi connectivity index (χ4v) is 14.0. The number of phosphoric ester groups is 2. The molecule has 0 aliphatic heterocycles. The Morgan fingerprint density at radius 3 is 0.620 bits per heavy atom. The highest BCUT2D eigenvalue weighted by molar-refractivity contribution is 7.47. The molecule has 0 amide bonds. The fourth-order valence-electron chi connectivity index (χ4n) is 12.4. The van der Waals surface area contributed by atoms with Gasteiger partial charge in [0.25, 0.3) is 0 Å². The molecule has 0 aromatic carbocycles. The van der Waals surface area contributed by atoms with Crippen LogP contribution in [0.3, 0.4) is 0 Å². The lowest BCUT2D eigenvalue weighted by atomic mass is 10.0. The van der Waals surface area contributed by atoms with Gasteiger partial charge >= 0.3 is 39.5 Å². The second-order valence-corrected chi connectivity index (χ2v) is 34.0. The third-order valence-corrected chi connectivity index (χ3v) is 20.7. The Hall–Kier alpha value is -1.94. The molecule has 5 atom stereocenters. The molecule has 0 saturated heterocycles. The number of ether oxygens (including phenoxy) is 4. The van der Waals surface area contributed by atoms with Crippen molar-refractivity contribution in [2.24, 2.45) is 23.7 Å². The Balaban J connectivity index is 5.21. The van der Waals surface area contributed by atoms with Crippen molar-refractivity contribution >= 4 is 39.5 Å². The lowest BCUT2D eigenvalue weighted by molar-refractivity contribution is -0.161. The smallest absolute Gasteiger partial charge is 0.462 e. The summed E-state index contributed by atoms with van der Waals surface area (Å²) < 4.78 is 68.7. The summed E-state index contributed by atoms with van der Waals surface area (Å²) in [4.78, 5) is 73.0. The molecule has 17 nitrogen and oxygen atoms in total. The summed E-state index contributed by atoms with van der Waals surface area (Å²) in [7, 11) is -9.92. The zero-order chi connectivity index (χ0) is 73.8. The van der Waals surface area contributed by atoms with E-state index >= 15 is 0 Å². The molecule has 0 saturated carbocycles. The second-order valence-electron chi connectivity index (χ2n) is 31.1. The number of carbonyl (C=O) groups is 4. The molecule has 100 heavy (non-hydrogen) atoms. The first-order chi connectivity index (χ1) is 48.1. The van der Waals surface area contributed by atoms with Gasteiger partial charge in [-0.1, -0.05) is 364 Å². The Kier molecular flexibility index (Phi) is 68.7. The quantitative estimate of drug-likeness (QED) is 0.0222. The molecule has 3 N–H and O–H groups in total. The summed E-state index contributed by atoms with van der Waals surface area (Å²) in [6, 6.07) is 0. The Bertz CT molecular complexity index is 1950. The van der Waals surface area contributed by atoms with Crippen molar-refractivity contribution in [3.8, 4) is 0 Å². The summed E-state index contributed by atoms with van der Waals surface area (Å²) in [5, 5.41) is 10.6. The van der Waals surface area contributed by atoms with E-state index < -0.39 is 97.5 Å². The molecule has 594 valence electrons. The predicted octanol–water partition coefficient (Wildman–Crippen LogP) is 24.0. The minimum absolute atomic E-state index is 0.106. The molecule has 0 aliphatic rings. The van der Waals surface area contributed by atoms with Gasteiger partial charge in [-0.3, -0.25) is 37.3 Å². The third-order valence-electron chi connectivity index (χ3n) is 18.8. The number of carbonyl (C=O) groups excluding carboxylic acids is 4. The van der Waals surface area contributed by atoms with E-state index in [0.717, 1.165) is 114 Å². The van der Waals surface area contributed by atoms with Crippen LogP contribution < -0.4 is 0 Å². The SMILES string of the molecule is CC(C)CCCCCCCCCCCCCCCCCCC(=O)O[C@H](COC(=O)CCCCCCCCCCCCCC(C)C)COP(=O)(O)OCC(O)COP(=O)(O)OC[C@@H](COC(=O)CCCCCCCCC(C)C)OC(=O)CCCCCCCCCCCCCCCCCC(C)C. The van der Waals surface area contributed by atoms with E-state index in [0.29, 0.717) is 31.6 Å². The van der Waals surface area contributed by atoms with Gasteiger partial charge < -0.3 is 33.8 Å². The minimum atomic E-state index is -4.96. The van der Waals surface area contributed by atoms with Crippen molar-refractivity contribution in [1.82, 2.24) is 0 Å². The van der Waals surface area contributed by atoms with Crippen molar-refractivity contribution in [2.75, 3.05) is 39.6 Å². The van der Waals surface area contributed by atoms with Crippen molar-refractivity contribution < 1.29 is 80.2 Å². The third kappa shape index (κ3) is 74.3. The minimum Gasteiger partial charge on any atom is -0.462 e. The molecule has 19 heteroatoms. The van der Waals surface area contributed by atoms with Crippen LogP contribution in [0.1, 0.15) is 415 Å². The highest BCUT2D eigenvalue weighted by Crippen LogP contribution is 2.45. The van der Waals surface area contributed by atoms with Gasteiger partial charge in [0.15, 0.2) is 12.2 Å². The maximum atomic E-state index is 13.1. The van der Waals surface area contributed by atoms with Crippen LogP contribution in [0.15, 0.2) is 0 Å². The number of aliphatic hydroxyl groups is 1. The highest BCUT2D eigenvalue weighted by atomic mass is 31.2. The molecule has 0 rings (SSSR count). The normalized spacial score (nSPS) is 14.0. The summed E-state index contributed by atoms with van der Waals surface area (Å²) in [6.07, 6.45) is 57.1. The van der Waals surface area contributed by atoms with Gasteiger partial charge in [0.1, 0.15) is 19.3 Å². The molecule has 0 bridgehead atoms. The molecule has 0 heterocycles. The summed E-state index contributed by atoms with van der Waals surface area (Å²) in [5.74, 6) is 0.947. The number of unbranched alkanes of at least 4 members (excludes halogenated alkanes) is 44. The van der Waals surface area contributed by atoms with E-state index in [1.807, 2.05) is 0 Å². The Morgan fingerprint density at radius 2 is 0.420 bits per heavy atom. The number of esters is 4. The molecule has 0 aliphatic carbocycles. The lowest BCUT2D eigenvalue weighted by Crippen LogP contribution is -2.30. The van der Waals surface area contributed by atoms with Crippen LogP contribution in [0.2, 0.25) is 0 Å². The van der Waals surface area contributed by atoms with Gasteiger partial charge in [0, 0.05) is 25.7 Å². The first-order valence-electron chi connectivity index (χ1n) is 41.7. The standard InChI is InChI=1S/C81H158O17P2/c1-71(2)57-49-41-33-27-21-16-12-9-10-14-18-24-31-37-47-55-63-80(85)97-76(67-91-78(83)61-53-45-36-30-26-20-23-29-35-43-51-59-73(5)6)69-95-99(87,88)93-65-75(82)66-94-100(89,90)96-70-77(68-92-79(84)62-54-46-40-39-44-52-60-74(7)8)98-81(86)64-56-48-38-32-25-19-15-11-13-17-22-28-34-42-50-58-72(3)4/h71-77,82H,9-70H2,1-8H3,(H,87,88)(H,89,90)/t75?,76-,77-/m1/s1. The monoisotopic (exact) mass is 1470 g/mol. The first-order valence-corrected chi connectivity index (χ1v) is 44.7. The van der Waals surface area contributed by atoms with E-state index in [9.17, 15) is 43.2 Å². The number of aliphatic hydroxyl groups excluding tert-OH is 1. The predicted molar refractivity (Wildman–Crippen MR) is 409 cm³/mol. The van der Waals surface area contributed by atoms with Crippen LogP contribution in [0.5, 0.6) is 0 Å². The molecular formula is C81H158O17P2. The molecule has 0 fully saturated rings. The number of hydrogen-bond donors (Lipinski definition) is 3. The van der Waals surface area contributed by atoms with Crippen LogP contribution in [0.25, 0.3) is 0 Å². The zero-order valence-corrected chi connectivity index (χ0v) is 67.6. The van der Waals surface area contributed by atoms with Crippen molar-refractivity contribution in [2.45, 2.75) is 433 Å². The van der Waals surface area contributed by atoms with Crippen molar-refractivity contribution in [3.05, 3.63) is 0 Å². The molecule has 0 spiro atoms. The van der Waals surface area contributed by atoms with E-state index in [1.165, 1.54) is 212 Å². The Morgan fingerprint density at radius 1 is 0.250 bits per heavy atom. The molecule has 0 radical (unpaired) electrons. The van der Waals surface area contributed by atoms with E-state index in [1.54, 1.807) is 0 Å². The van der Waals surface area contributed by atoms with Crippen molar-refractivity contribution in [1.29, 1.82) is 0 Å². The van der Waals surface area contributed by atoms with E-state index in [2.05, 4.69) is 55.4 Å². The summed E-state index contributed by atoms with van der Waals surface area (Å²) in [6.45, 7) is 14.2. The van der Waals surface area contributed by atoms with Gasteiger partial charge in [-0.05, 0) is 49.4 Å². The average Bonchev–Trinajstić information content (AvgIpc) is 1.03. The Labute approximate surface area is 613 Å². The van der Waals surface area contributed by atoms with E-state index in [-0.39, 0.29) is 25.7 Å². The summed E-state index contributed by atoms with van der Waals surface area (Å²) >= 11 is 0. The van der Waals surface area contributed by atoms with Gasteiger partial charge in [-0.25, -0.2) is 9.13 Å². The van der Waals surface area contributed by atoms with Crippen molar-refractivity contribution in [3.63, 3.8) is 0 Å². The number of rotatable bonds is 78. The highest BCUT2D eigenvalue weighted by Gasteiger charge is 2.30. The van der Waals surface area contributed by atoms with E-state index in [4.69, 9.17) is 37.0 Å². The molecule has 0 aromatic heterocycles. The largest absolute Gasteiger partial charge is 0.472 e. The number of phosphoric acid groups is 2. The van der Waals surface area contributed by atoms with Gasteiger partial charge in [-0.2, -0.15) is 0 Å². The molecular weight excluding hydrogens is 1310 g/mol. The zero-order valence-electron chi connectivity index (χ0n) is 65.8. The average molecular weight is 1470 g/mol. The topological polar surface area (TPSA) is 237 Å². The fraction of sp³-hybridized carbons (Fsp3) is 0.951. The van der Waals surface area contributed by atoms with Crippen LogP contribution >= 0.6 is 15.6 Å². The summed E-state index contributed by atoms with van der Waals surface area (Å²) in [5.41, 5.74) is 0. The van der Waals surface area contributed by atoms with Crippen LogP contribution in [-0.2, 0) is 65.4 Å². The van der Waals surface area contributed by atoms with Gasteiger partial charge in [-0.15, -0.1) is 0 Å². The second kappa shape index (κ2) is 70.1.